The van der Waals surface area contributed by atoms with Crippen LogP contribution < -0.4 is 10.1 Å². The standard InChI is InChI=1S/C23H21ClN4O2S2/c1-14-12-18(15(2)28(14)17-10-8-16(24)9-11-17)20(29)13-31-23-27-26-22(32-23)25-19-6-4-5-7-21(19)30-3/h4-12H,13H2,1-3H3,(H,25,26). The molecule has 0 atom stereocenters. The second kappa shape index (κ2) is 9.77. The summed E-state index contributed by atoms with van der Waals surface area (Å²) in [7, 11) is 1.62. The van der Waals surface area contributed by atoms with E-state index in [0.29, 0.717) is 15.7 Å². The van der Waals surface area contributed by atoms with E-state index < -0.39 is 0 Å². The van der Waals surface area contributed by atoms with Crippen molar-refractivity contribution in [1.82, 2.24) is 14.8 Å². The van der Waals surface area contributed by atoms with Crippen molar-refractivity contribution < 1.29 is 9.53 Å². The lowest BCUT2D eigenvalue weighted by molar-refractivity contribution is 0.102. The van der Waals surface area contributed by atoms with Gasteiger partial charge in [-0.05, 0) is 56.3 Å². The van der Waals surface area contributed by atoms with E-state index in [9.17, 15) is 4.79 Å². The van der Waals surface area contributed by atoms with E-state index in [1.165, 1.54) is 23.1 Å². The zero-order valence-electron chi connectivity index (χ0n) is 17.8. The van der Waals surface area contributed by atoms with Crippen molar-refractivity contribution in [2.45, 2.75) is 18.2 Å². The summed E-state index contributed by atoms with van der Waals surface area (Å²) < 4.78 is 8.14. The highest BCUT2D eigenvalue weighted by Crippen LogP contribution is 2.32. The molecule has 0 aliphatic rings. The lowest BCUT2D eigenvalue weighted by Crippen LogP contribution is -2.05. The van der Waals surface area contributed by atoms with Gasteiger partial charge in [-0.1, -0.05) is 46.8 Å². The van der Waals surface area contributed by atoms with Gasteiger partial charge in [0.25, 0.3) is 0 Å². The summed E-state index contributed by atoms with van der Waals surface area (Å²) in [6, 6.07) is 17.1. The molecule has 0 fully saturated rings. The molecule has 2 heterocycles. The van der Waals surface area contributed by atoms with E-state index in [4.69, 9.17) is 16.3 Å². The third-order valence-electron chi connectivity index (χ3n) is 4.90. The highest BCUT2D eigenvalue weighted by atomic mass is 35.5. The molecule has 2 aromatic heterocycles. The van der Waals surface area contributed by atoms with Gasteiger partial charge >= 0.3 is 0 Å². The van der Waals surface area contributed by atoms with Crippen LogP contribution in [0.15, 0.2) is 58.9 Å². The van der Waals surface area contributed by atoms with Crippen LogP contribution in [0.1, 0.15) is 21.7 Å². The Hall–Kier alpha value is -2.81. The van der Waals surface area contributed by atoms with Gasteiger partial charge in [-0.2, -0.15) is 0 Å². The SMILES string of the molecule is COc1ccccc1Nc1nnc(SCC(=O)c2cc(C)n(-c3ccc(Cl)cc3)c2C)s1. The van der Waals surface area contributed by atoms with Gasteiger partial charge in [-0.15, -0.1) is 10.2 Å². The van der Waals surface area contributed by atoms with E-state index >= 15 is 0 Å². The molecule has 32 heavy (non-hydrogen) atoms. The Morgan fingerprint density at radius 3 is 2.66 bits per heavy atom. The second-order valence-corrected chi connectivity index (χ2v) is 9.64. The number of methoxy groups -OCH3 is 1. The Kier molecular flexibility index (Phi) is 6.83. The average Bonchev–Trinajstić information content (AvgIpc) is 3.36. The Labute approximate surface area is 199 Å². The molecule has 0 saturated heterocycles. The number of rotatable bonds is 8. The van der Waals surface area contributed by atoms with E-state index in [2.05, 4.69) is 20.1 Å². The quantitative estimate of drug-likeness (QED) is 0.233. The van der Waals surface area contributed by atoms with Gasteiger partial charge < -0.3 is 14.6 Å². The largest absolute Gasteiger partial charge is 0.495 e. The first kappa shape index (κ1) is 22.4. The maximum absolute atomic E-state index is 12.9. The normalized spacial score (nSPS) is 10.9. The van der Waals surface area contributed by atoms with Crippen molar-refractivity contribution in [2.24, 2.45) is 0 Å². The molecule has 0 radical (unpaired) electrons. The van der Waals surface area contributed by atoms with E-state index in [0.717, 1.165) is 32.9 Å². The fraction of sp³-hybridized carbons (Fsp3) is 0.174. The predicted octanol–water partition coefficient (Wildman–Crippen LogP) is 6.33. The monoisotopic (exact) mass is 484 g/mol. The molecule has 0 spiro atoms. The number of Topliss-reactive ketones (excluding diaryl/α,β-unsaturated/α-hetero) is 1. The van der Waals surface area contributed by atoms with Crippen molar-refractivity contribution in [2.75, 3.05) is 18.2 Å². The Morgan fingerprint density at radius 1 is 1.16 bits per heavy atom. The number of carbonyl (C=O) groups is 1. The van der Waals surface area contributed by atoms with Crippen LogP contribution in [0.25, 0.3) is 5.69 Å². The van der Waals surface area contributed by atoms with Gasteiger partial charge in [-0.25, -0.2) is 0 Å². The number of aromatic nitrogens is 3. The maximum atomic E-state index is 12.9. The summed E-state index contributed by atoms with van der Waals surface area (Å²) in [5, 5.41) is 12.9. The molecule has 0 bridgehead atoms. The highest BCUT2D eigenvalue weighted by Gasteiger charge is 2.18. The van der Waals surface area contributed by atoms with Gasteiger partial charge in [-0.3, -0.25) is 4.79 Å². The topological polar surface area (TPSA) is 69.0 Å². The predicted molar refractivity (Wildman–Crippen MR) is 131 cm³/mol. The third-order valence-corrected chi connectivity index (χ3v) is 7.12. The summed E-state index contributed by atoms with van der Waals surface area (Å²) in [5.41, 5.74) is 4.41. The zero-order chi connectivity index (χ0) is 22.7. The number of hydrogen-bond donors (Lipinski definition) is 1. The van der Waals surface area contributed by atoms with Crippen molar-refractivity contribution in [1.29, 1.82) is 0 Å². The average molecular weight is 485 g/mol. The molecule has 0 aliphatic carbocycles. The van der Waals surface area contributed by atoms with Crippen LogP contribution in [0.3, 0.4) is 0 Å². The molecule has 1 N–H and O–H groups in total. The Bertz CT molecular complexity index is 1250. The number of halogens is 1. The van der Waals surface area contributed by atoms with Crippen molar-refractivity contribution in [3.63, 3.8) is 0 Å². The van der Waals surface area contributed by atoms with Crippen molar-refractivity contribution >= 4 is 51.3 Å². The van der Waals surface area contributed by atoms with Gasteiger partial charge in [0.05, 0.1) is 18.6 Å². The van der Waals surface area contributed by atoms with E-state index in [1.807, 2.05) is 68.4 Å². The molecule has 164 valence electrons. The lowest BCUT2D eigenvalue weighted by Gasteiger charge is -2.10. The molecule has 0 unspecified atom stereocenters. The molecular weight excluding hydrogens is 464 g/mol. The van der Waals surface area contributed by atoms with Gasteiger partial charge in [0.15, 0.2) is 10.1 Å². The molecule has 9 heteroatoms. The summed E-state index contributed by atoms with van der Waals surface area (Å²) >= 11 is 8.79. The molecule has 0 amide bonds. The number of ketones is 1. The minimum absolute atomic E-state index is 0.0535. The number of ether oxygens (including phenoxy) is 1. The van der Waals surface area contributed by atoms with Crippen LogP contribution in [-0.4, -0.2) is 33.4 Å². The lowest BCUT2D eigenvalue weighted by atomic mass is 10.2. The van der Waals surface area contributed by atoms with E-state index in [-0.39, 0.29) is 11.5 Å². The van der Waals surface area contributed by atoms with E-state index in [1.54, 1.807) is 7.11 Å². The first-order valence-corrected chi connectivity index (χ1v) is 12.0. The minimum Gasteiger partial charge on any atom is -0.495 e. The number of thioether (sulfide) groups is 1. The van der Waals surface area contributed by atoms with Crippen LogP contribution in [0.5, 0.6) is 5.75 Å². The van der Waals surface area contributed by atoms with Crippen LogP contribution in [-0.2, 0) is 0 Å². The number of para-hydroxylation sites is 2. The minimum atomic E-state index is 0.0535. The number of carbonyl (C=O) groups excluding carboxylic acids is 1. The molecule has 4 rings (SSSR count). The fourth-order valence-electron chi connectivity index (χ4n) is 3.42. The maximum Gasteiger partial charge on any atom is 0.210 e. The van der Waals surface area contributed by atoms with Crippen LogP contribution in [0.4, 0.5) is 10.8 Å². The fourth-order valence-corrected chi connectivity index (χ4v) is 5.19. The third kappa shape index (κ3) is 4.82. The number of anilines is 2. The second-order valence-electron chi connectivity index (χ2n) is 7.01. The summed E-state index contributed by atoms with van der Waals surface area (Å²) in [5.74, 6) is 1.06. The molecule has 0 saturated carbocycles. The number of hydrogen-bond acceptors (Lipinski definition) is 7. The number of nitrogens with one attached hydrogen (secondary N) is 1. The molecule has 0 aliphatic heterocycles. The summed E-state index contributed by atoms with van der Waals surface area (Å²) in [6.07, 6.45) is 0. The van der Waals surface area contributed by atoms with Crippen LogP contribution in [0.2, 0.25) is 5.02 Å². The smallest absolute Gasteiger partial charge is 0.210 e. The number of nitrogens with zero attached hydrogens (tertiary/aromatic N) is 3. The molecule has 6 nitrogen and oxygen atoms in total. The Morgan fingerprint density at radius 2 is 1.91 bits per heavy atom. The number of benzene rings is 2. The first-order chi connectivity index (χ1) is 15.5. The van der Waals surface area contributed by atoms with Gasteiger partial charge in [0, 0.05) is 27.7 Å². The number of aryl methyl sites for hydroxylation is 1. The summed E-state index contributed by atoms with van der Waals surface area (Å²) in [6.45, 7) is 3.95. The molecule has 2 aromatic carbocycles. The van der Waals surface area contributed by atoms with Gasteiger partial charge in [0.2, 0.25) is 5.13 Å². The summed E-state index contributed by atoms with van der Waals surface area (Å²) in [4.78, 5) is 12.9. The van der Waals surface area contributed by atoms with Gasteiger partial charge in [0.1, 0.15) is 5.75 Å². The van der Waals surface area contributed by atoms with Crippen LogP contribution >= 0.6 is 34.7 Å². The highest BCUT2D eigenvalue weighted by molar-refractivity contribution is 8.01. The molecule has 4 aromatic rings. The first-order valence-electron chi connectivity index (χ1n) is 9.80. The van der Waals surface area contributed by atoms with Crippen molar-refractivity contribution in [3.05, 3.63) is 76.6 Å². The Balaban J connectivity index is 1.44. The zero-order valence-corrected chi connectivity index (χ0v) is 20.1. The molecular formula is C23H21ClN4O2S2. The van der Waals surface area contributed by atoms with Crippen molar-refractivity contribution in [3.8, 4) is 11.4 Å². The van der Waals surface area contributed by atoms with Crippen LogP contribution in [0, 0.1) is 13.8 Å².